The Morgan fingerprint density at radius 2 is 0.975 bits per heavy atom. The van der Waals surface area contributed by atoms with E-state index in [1.54, 1.807) is 27.7 Å². The first-order valence-corrected chi connectivity index (χ1v) is 13.3. The highest BCUT2D eigenvalue weighted by atomic mass is 16.7. The number of ether oxygens (including phenoxy) is 7. The van der Waals surface area contributed by atoms with Crippen molar-refractivity contribution in [2.75, 3.05) is 19.8 Å². The van der Waals surface area contributed by atoms with Crippen molar-refractivity contribution in [3.8, 4) is 0 Å². The molecule has 0 aliphatic carbocycles. The summed E-state index contributed by atoms with van der Waals surface area (Å²) in [7, 11) is 0. The predicted octanol–water partition coefficient (Wildman–Crippen LogP) is -4.71. The first-order chi connectivity index (χ1) is 18.7. The molecule has 0 spiro atoms. The average Bonchev–Trinajstić information content (AvgIpc) is 2.90. The van der Waals surface area contributed by atoms with Gasteiger partial charge < -0.3 is 79.1 Å². The highest BCUT2D eigenvalue weighted by Gasteiger charge is 2.50. The van der Waals surface area contributed by atoms with Crippen LogP contribution in [-0.2, 0) is 33.2 Å². The lowest BCUT2D eigenvalue weighted by Gasteiger charge is -2.45. The first kappa shape index (κ1) is 33.9. The van der Waals surface area contributed by atoms with E-state index >= 15 is 0 Å². The molecule has 15 unspecified atom stereocenters. The summed E-state index contributed by atoms with van der Waals surface area (Å²) >= 11 is 0. The first-order valence-electron chi connectivity index (χ1n) is 13.3. The van der Waals surface area contributed by atoms with Crippen molar-refractivity contribution < 1.29 is 79.1 Å². The van der Waals surface area contributed by atoms with Crippen LogP contribution in [0.3, 0.4) is 0 Å². The van der Waals surface area contributed by atoms with Crippen molar-refractivity contribution in [3.05, 3.63) is 0 Å². The lowest BCUT2D eigenvalue weighted by molar-refractivity contribution is -0.345. The molecule has 9 N–H and O–H groups in total. The summed E-state index contributed by atoms with van der Waals surface area (Å²) in [6.07, 6.45) is -22.9. The lowest BCUT2D eigenvalue weighted by Crippen LogP contribution is -2.63. The van der Waals surface area contributed by atoms with Gasteiger partial charge in [0.25, 0.3) is 0 Å². The maximum Gasteiger partial charge on any atom is 0.186 e. The molecule has 0 saturated carbocycles. The SMILES string of the molecule is CC(C)OCC1OC(OCC2OC(OCC3OC(O)C(O)C(O)C3O)C(O)C(OC(C)C)C2O)C(O)C(O)C1O. The van der Waals surface area contributed by atoms with Crippen LogP contribution in [0.5, 0.6) is 0 Å². The van der Waals surface area contributed by atoms with E-state index in [0.29, 0.717) is 0 Å². The van der Waals surface area contributed by atoms with Gasteiger partial charge in [0.05, 0.1) is 32.0 Å². The van der Waals surface area contributed by atoms with Gasteiger partial charge in [-0.1, -0.05) is 0 Å². The van der Waals surface area contributed by atoms with Crippen LogP contribution in [0.2, 0.25) is 0 Å². The van der Waals surface area contributed by atoms with E-state index in [1.807, 2.05) is 0 Å². The highest BCUT2D eigenvalue weighted by molar-refractivity contribution is 4.94. The second-order valence-corrected chi connectivity index (χ2v) is 10.8. The molecule has 236 valence electrons. The third kappa shape index (κ3) is 8.04. The molecule has 16 heteroatoms. The Kier molecular flexibility index (Phi) is 12.4. The van der Waals surface area contributed by atoms with Crippen molar-refractivity contribution in [2.24, 2.45) is 0 Å². The van der Waals surface area contributed by atoms with Crippen LogP contribution in [0.25, 0.3) is 0 Å². The third-order valence-corrected chi connectivity index (χ3v) is 6.87. The summed E-state index contributed by atoms with van der Waals surface area (Å²) in [5.41, 5.74) is 0. The third-order valence-electron chi connectivity index (χ3n) is 6.87. The van der Waals surface area contributed by atoms with E-state index in [9.17, 15) is 46.0 Å². The summed E-state index contributed by atoms with van der Waals surface area (Å²) in [4.78, 5) is 0. The van der Waals surface area contributed by atoms with Crippen LogP contribution in [0.1, 0.15) is 27.7 Å². The number of hydrogen-bond donors (Lipinski definition) is 9. The lowest BCUT2D eigenvalue weighted by atomic mass is 9.97. The molecule has 3 fully saturated rings. The van der Waals surface area contributed by atoms with Crippen LogP contribution < -0.4 is 0 Å². The quantitative estimate of drug-likeness (QED) is 0.110. The van der Waals surface area contributed by atoms with E-state index in [4.69, 9.17) is 33.2 Å². The Labute approximate surface area is 231 Å². The fraction of sp³-hybridized carbons (Fsp3) is 1.00. The fourth-order valence-electron chi connectivity index (χ4n) is 4.58. The molecule has 3 aliphatic heterocycles. The van der Waals surface area contributed by atoms with Crippen molar-refractivity contribution >= 4 is 0 Å². The van der Waals surface area contributed by atoms with Gasteiger partial charge in [0.1, 0.15) is 73.2 Å². The average molecular weight is 589 g/mol. The molecule has 3 saturated heterocycles. The largest absolute Gasteiger partial charge is 0.387 e. The van der Waals surface area contributed by atoms with Crippen molar-refractivity contribution in [1.82, 2.24) is 0 Å². The maximum absolute atomic E-state index is 10.9. The standard InChI is InChI=1S/C24H44O16/c1-8(2)34-5-11-14(26)17(29)19(31)23(39-11)35-7-12-15(27)21(37-9(3)4)20(32)24(40-12)36-6-10-13(25)16(28)18(30)22(33)38-10/h8-33H,5-7H2,1-4H3. The molecule has 3 rings (SSSR count). The number of aliphatic hydroxyl groups excluding tert-OH is 9. The molecule has 16 nitrogen and oxygen atoms in total. The van der Waals surface area contributed by atoms with Crippen LogP contribution in [-0.4, -0.2) is 170 Å². The van der Waals surface area contributed by atoms with Crippen LogP contribution >= 0.6 is 0 Å². The number of hydrogen-bond acceptors (Lipinski definition) is 16. The highest BCUT2D eigenvalue weighted by Crippen LogP contribution is 2.29. The van der Waals surface area contributed by atoms with Gasteiger partial charge in [0.2, 0.25) is 0 Å². The summed E-state index contributed by atoms with van der Waals surface area (Å²) in [6, 6.07) is 0. The van der Waals surface area contributed by atoms with Crippen molar-refractivity contribution in [3.63, 3.8) is 0 Å². The van der Waals surface area contributed by atoms with Gasteiger partial charge in [-0.15, -0.1) is 0 Å². The molecule has 3 aliphatic rings. The molecular weight excluding hydrogens is 544 g/mol. The Hall–Kier alpha value is -0.640. The van der Waals surface area contributed by atoms with Crippen molar-refractivity contribution in [2.45, 2.75) is 132 Å². The van der Waals surface area contributed by atoms with Gasteiger partial charge in [-0.25, -0.2) is 0 Å². The van der Waals surface area contributed by atoms with Gasteiger partial charge in [0.15, 0.2) is 18.9 Å². The zero-order chi connectivity index (χ0) is 29.9. The molecule has 0 amide bonds. The van der Waals surface area contributed by atoms with Crippen LogP contribution in [0.4, 0.5) is 0 Å². The zero-order valence-corrected chi connectivity index (χ0v) is 22.8. The van der Waals surface area contributed by atoms with Gasteiger partial charge in [-0.3, -0.25) is 0 Å². The minimum Gasteiger partial charge on any atom is -0.387 e. The summed E-state index contributed by atoms with van der Waals surface area (Å²) in [6.45, 7) is 5.85. The smallest absolute Gasteiger partial charge is 0.186 e. The van der Waals surface area contributed by atoms with Gasteiger partial charge in [-0.2, -0.15) is 0 Å². The Balaban J connectivity index is 1.67. The van der Waals surface area contributed by atoms with E-state index in [2.05, 4.69) is 0 Å². The minimum absolute atomic E-state index is 0.0903. The summed E-state index contributed by atoms with van der Waals surface area (Å²) < 4.78 is 38.7. The predicted molar refractivity (Wildman–Crippen MR) is 129 cm³/mol. The number of rotatable bonds is 11. The molecule has 0 aromatic rings. The zero-order valence-electron chi connectivity index (χ0n) is 22.8. The fourth-order valence-corrected chi connectivity index (χ4v) is 4.58. The topological polar surface area (TPSA) is 247 Å². The number of aliphatic hydroxyl groups is 9. The van der Waals surface area contributed by atoms with Gasteiger partial charge >= 0.3 is 0 Å². The monoisotopic (exact) mass is 588 g/mol. The Bertz CT molecular complexity index is 758. The molecule has 0 radical (unpaired) electrons. The molecule has 3 heterocycles. The normalized spacial score (nSPS) is 46.7. The second kappa shape index (κ2) is 14.7. The van der Waals surface area contributed by atoms with E-state index in [0.717, 1.165) is 0 Å². The Morgan fingerprint density at radius 3 is 1.50 bits per heavy atom. The van der Waals surface area contributed by atoms with Crippen molar-refractivity contribution in [1.29, 1.82) is 0 Å². The Morgan fingerprint density at radius 1 is 0.500 bits per heavy atom. The summed E-state index contributed by atoms with van der Waals surface area (Å²) in [5, 5.41) is 92.1. The minimum atomic E-state index is -1.80. The molecule has 0 aromatic heterocycles. The van der Waals surface area contributed by atoms with Crippen LogP contribution in [0.15, 0.2) is 0 Å². The molecular formula is C24H44O16. The summed E-state index contributed by atoms with van der Waals surface area (Å²) in [5.74, 6) is 0. The van der Waals surface area contributed by atoms with E-state index in [-0.39, 0.29) is 12.7 Å². The molecule has 40 heavy (non-hydrogen) atoms. The molecule has 0 bridgehead atoms. The van der Waals surface area contributed by atoms with E-state index < -0.39 is 111 Å². The van der Waals surface area contributed by atoms with Crippen LogP contribution in [0, 0.1) is 0 Å². The van der Waals surface area contributed by atoms with E-state index in [1.165, 1.54) is 0 Å². The molecule has 0 aromatic carbocycles. The second-order valence-electron chi connectivity index (χ2n) is 10.8. The molecule has 15 atom stereocenters. The van der Waals surface area contributed by atoms with Gasteiger partial charge in [-0.05, 0) is 27.7 Å². The van der Waals surface area contributed by atoms with Gasteiger partial charge in [0, 0.05) is 0 Å². The maximum atomic E-state index is 10.9.